The van der Waals surface area contributed by atoms with Crippen molar-refractivity contribution in [1.29, 1.82) is 0 Å². The minimum Gasteiger partial charge on any atom is -0.306 e. The van der Waals surface area contributed by atoms with E-state index in [2.05, 4.69) is 28.6 Å². The Morgan fingerprint density at radius 3 is 3.00 bits per heavy atom. The summed E-state index contributed by atoms with van der Waals surface area (Å²) in [5.41, 5.74) is 5.14. The van der Waals surface area contributed by atoms with Gasteiger partial charge in [-0.05, 0) is 26.2 Å². The van der Waals surface area contributed by atoms with Crippen molar-refractivity contribution in [1.82, 2.24) is 24.9 Å². The number of nitrogens with zero attached hydrogens (tertiary/aromatic N) is 4. The quantitative estimate of drug-likeness (QED) is 0.911. The first-order valence-electron chi connectivity index (χ1n) is 6.88. The number of aromatic nitrogens is 4. The summed E-state index contributed by atoms with van der Waals surface area (Å²) in [6, 6.07) is 0.428. The van der Waals surface area contributed by atoms with E-state index in [-0.39, 0.29) is 0 Å². The summed E-state index contributed by atoms with van der Waals surface area (Å²) in [6.45, 7) is 2.94. The average Bonchev–Trinajstić information content (AvgIpc) is 2.91. The van der Waals surface area contributed by atoms with Crippen molar-refractivity contribution in [2.75, 3.05) is 0 Å². The zero-order valence-corrected chi connectivity index (χ0v) is 11.8. The highest BCUT2D eigenvalue weighted by Crippen LogP contribution is 2.29. The first-order valence-corrected chi connectivity index (χ1v) is 6.88. The summed E-state index contributed by atoms with van der Waals surface area (Å²) in [6.07, 6.45) is 7.68. The maximum Gasteiger partial charge on any atom is 0.0638 e. The van der Waals surface area contributed by atoms with Crippen LogP contribution in [-0.4, -0.2) is 19.6 Å². The number of nitrogens with one attached hydrogen (secondary N) is 1. The van der Waals surface area contributed by atoms with Crippen molar-refractivity contribution in [2.45, 2.75) is 38.8 Å². The maximum absolute atomic E-state index is 4.39. The first-order chi connectivity index (χ1) is 9.15. The van der Waals surface area contributed by atoms with Gasteiger partial charge in [-0.1, -0.05) is 0 Å². The summed E-state index contributed by atoms with van der Waals surface area (Å²) in [4.78, 5) is 0. The topological polar surface area (TPSA) is 47.7 Å². The highest BCUT2D eigenvalue weighted by molar-refractivity contribution is 5.25. The molecule has 5 heteroatoms. The van der Waals surface area contributed by atoms with Gasteiger partial charge in [0.2, 0.25) is 0 Å². The van der Waals surface area contributed by atoms with Crippen molar-refractivity contribution >= 4 is 0 Å². The summed E-state index contributed by atoms with van der Waals surface area (Å²) < 4.78 is 3.89. The van der Waals surface area contributed by atoms with Gasteiger partial charge < -0.3 is 5.32 Å². The largest absolute Gasteiger partial charge is 0.306 e. The monoisotopic (exact) mass is 259 g/mol. The molecular formula is C14H21N5. The molecule has 1 aliphatic carbocycles. The third-order valence-corrected chi connectivity index (χ3v) is 4.03. The number of rotatable bonds is 3. The molecule has 0 bridgehead atoms. The second kappa shape index (κ2) is 4.81. The van der Waals surface area contributed by atoms with Crippen LogP contribution >= 0.6 is 0 Å². The molecule has 0 spiro atoms. The summed E-state index contributed by atoms with van der Waals surface area (Å²) in [7, 11) is 4.00. The van der Waals surface area contributed by atoms with Gasteiger partial charge in [0.1, 0.15) is 0 Å². The van der Waals surface area contributed by atoms with Crippen molar-refractivity contribution in [3.63, 3.8) is 0 Å². The van der Waals surface area contributed by atoms with E-state index in [0.717, 1.165) is 18.7 Å². The van der Waals surface area contributed by atoms with Gasteiger partial charge in [0.15, 0.2) is 0 Å². The molecule has 1 unspecified atom stereocenters. The predicted octanol–water partition coefficient (Wildman–Crippen LogP) is 1.63. The van der Waals surface area contributed by atoms with Crippen LogP contribution < -0.4 is 5.32 Å². The molecule has 0 aromatic carbocycles. The Labute approximate surface area is 113 Å². The van der Waals surface area contributed by atoms with Crippen LogP contribution in [0.3, 0.4) is 0 Å². The fourth-order valence-electron chi connectivity index (χ4n) is 2.97. The van der Waals surface area contributed by atoms with E-state index in [9.17, 15) is 0 Å². The molecule has 2 heterocycles. The van der Waals surface area contributed by atoms with Crippen LogP contribution in [0.2, 0.25) is 0 Å². The molecule has 5 nitrogen and oxygen atoms in total. The second-order valence-corrected chi connectivity index (χ2v) is 5.41. The van der Waals surface area contributed by atoms with E-state index in [0.29, 0.717) is 6.04 Å². The lowest BCUT2D eigenvalue weighted by Crippen LogP contribution is -2.25. The lowest BCUT2D eigenvalue weighted by molar-refractivity contribution is 0.451. The molecule has 0 amide bonds. The Morgan fingerprint density at radius 1 is 1.42 bits per heavy atom. The van der Waals surface area contributed by atoms with Crippen LogP contribution in [0.5, 0.6) is 0 Å². The van der Waals surface area contributed by atoms with Crippen molar-refractivity contribution < 1.29 is 0 Å². The van der Waals surface area contributed by atoms with Crippen LogP contribution in [-0.2, 0) is 27.1 Å². The van der Waals surface area contributed by atoms with Gasteiger partial charge in [0.25, 0.3) is 0 Å². The fourth-order valence-corrected chi connectivity index (χ4v) is 2.97. The average molecular weight is 259 g/mol. The normalized spacial score (nSPS) is 18.6. The Bertz CT molecular complexity index is 581. The smallest absolute Gasteiger partial charge is 0.0638 e. The molecule has 0 radical (unpaired) electrons. The van der Waals surface area contributed by atoms with Crippen LogP contribution in [0.1, 0.15) is 41.4 Å². The molecule has 0 saturated heterocycles. The summed E-state index contributed by atoms with van der Waals surface area (Å²) in [5, 5.41) is 12.4. The van der Waals surface area contributed by atoms with Gasteiger partial charge in [-0.2, -0.15) is 10.2 Å². The first kappa shape index (κ1) is 12.4. The van der Waals surface area contributed by atoms with Crippen molar-refractivity contribution in [2.24, 2.45) is 14.1 Å². The molecule has 3 rings (SSSR count). The Morgan fingerprint density at radius 2 is 2.26 bits per heavy atom. The van der Waals surface area contributed by atoms with Gasteiger partial charge >= 0.3 is 0 Å². The van der Waals surface area contributed by atoms with E-state index in [1.165, 1.54) is 29.7 Å². The molecule has 2 aromatic rings. The number of hydrogen-bond donors (Lipinski definition) is 1. The summed E-state index contributed by atoms with van der Waals surface area (Å²) in [5.74, 6) is 0. The van der Waals surface area contributed by atoms with Gasteiger partial charge in [0, 0.05) is 49.7 Å². The van der Waals surface area contributed by atoms with Crippen LogP contribution in [0.4, 0.5) is 0 Å². The lowest BCUT2D eigenvalue weighted by Gasteiger charge is -2.23. The molecule has 0 fully saturated rings. The Balaban J connectivity index is 1.73. The molecule has 1 N–H and O–H groups in total. The lowest BCUT2D eigenvalue weighted by atomic mass is 9.93. The highest BCUT2D eigenvalue weighted by atomic mass is 15.3. The molecule has 1 atom stereocenters. The van der Waals surface area contributed by atoms with Gasteiger partial charge in [-0.3, -0.25) is 9.36 Å². The molecule has 0 saturated carbocycles. The Kier molecular flexibility index (Phi) is 3.14. The molecule has 2 aromatic heterocycles. The van der Waals surface area contributed by atoms with Crippen LogP contribution in [0.15, 0.2) is 12.4 Å². The zero-order chi connectivity index (χ0) is 13.4. The maximum atomic E-state index is 4.39. The van der Waals surface area contributed by atoms with E-state index in [1.54, 1.807) is 0 Å². The second-order valence-electron chi connectivity index (χ2n) is 5.41. The van der Waals surface area contributed by atoms with Crippen molar-refractivity contribution in [3.05, 3.63) is 34.9 Å². The van der Waals surface area contributed by atoms with E-state index < -0.39 is 0 Å². The highest BCUT2D eigenvalue weighted by Gasteiger charge is 2.23. The van der Waals surface area contributed by atoms with E-state index in [1.807, 2.05) is 29.7 Å². The number of aryl methyl sites for hydroxylation is 3. The minimum absolute atomic E-state index is 0.428. The molecular weight excluding hydrogens is 238 g/mol. The minimum atomic E-state index is 0.428. The van der Waals surface area contributed by atoms with Crippen molar-refractivity contribution in [3.8, 4) is 0 Å². The fraction of sp³-hybridized carbons (Fsp3) is 0.571. The third-order valence-electron chi connectivity index (χ3n) is 4.03. The molecule has 102 valence electrons. The zero-order valence-electron chi connectivity index (χ0n) is 11.8. The Hall–Kier alpha value is -1.62. The summed E-state index contributed by atoms with van der Waals surface area (Å²) >= 11 is 0. The molecule has 1 aliphatic rings. The van der Waals surface area contributed by atoms with Crippen LogP contribution in [0.25, 0.3) is 0 Å². The predicted molar refractivity (Wildman–Crippen MR) is 73.7 cm³/mol. The molecule has 19 heavy (non-hydrogen) atoms. The van der Waals surface area contributed by atoms with Gasteiger partial charge in [-0.25, -0.2) is 0 Å². The standard InChI is InChI=1S/C14H21N5/c1-10-11(9-18(2)17-10)7-15-13-5-4-6-14-12(13)8-16-19(14)3/h8-9,13,15H,4-7H2,1-3H3. The van der Waals surface area contributed by atoms with Gasteiger partial charge in [0.05, 0.1) is 11.9 Å². The van der Waals surface area contributed by atoms with E-state index >= 15 is 0 Å². The third kappa shape index (κ3) is 2.30. The van der Waals surface area contributed by atoms with Gasteiger partial charge in [-0.15, -0.1) is 0 Å². The SMILES string of the molecule is Cc1nn(C)cc1CNC1CCCc2c1cnn2C. The number of hydrogen-bond acceptors (Lipinski definition) is 3. The van der Waals surface area contributed by atoms with E-state index in [4.69, 9.17) is 0 Å². The number of fused-ring (bicyclic) bond motifs is 1. The van der Waals surface area contributed by atoms with Crippen LogP contribution in [0, 0.1) is 6.92 Å². The molecule has 0 aliphatic heterocycles.